The molecule has 1 aromatic heterocycles. The number of nitrogens with zero attached hydrogens (tertiary/aromatic N) is 2. The molecule has 0 radical (unpaired) electrons. The number of likely N-dealkylation sites (tertiary alicyclic amines) is 1. The summed E-state index contributed by atoms with van der Waals surface area (Å²) in [5.41, 5.74) is 0.743. The van der Waals surface area contributed by atoms with Gasteiger partial charge in [-0.25, -0.2) is 4.98 Å². The minimum atomic E-state index is -0.856. The molecule has 2 fully saturated rings. The maximum atomic E-state index is 12.9. The maximum Gasteiger partial charge on any atom is 0.291 e. The van der Waals surface area contributed by atoms with Gasteiger partial charge in [-0.3, -0.25) is 4.79 Å². The predicted octanol–water partition coefficient (Wildman–Crippen LogP) is 3.05. The monoisotopic (exact) mass is 340 g/mol. The number of oxazole rings is 1. The first kappa shape index (κ1) is 16.3. The second-order valence-corrected chi connectivity index (χ2v) is 7.41. The second kappa shape index (κ2) is 5.99. The zero-order valence-electron chi connectivity index (χ0n) is 14.7. The summed E-state index contributed by atoms with van der Waals surface area (Å²) in [4.78, 5) is 18.9. The van der Waals surface area contributed by atoms with Crippen LogP contribution in [0.4, 0.5) is 0 Å². The molecule has 1 amide bonds. The van der Waals surface area contributed by atoms with E-state index < -0.39 is 5.60 Å². The number of aromatic nitrogens is 1. The lowest BCUT2D eigenvalue weighted by Gasteiger charge is -2.41. The Bertz CT molecular complexity index is 785. The molecule has 2 aliphatic rings. The highest BCUT2D eigenvalue weighted by atomic mass is 16.4. The number of carbonyl (C=O) groups excluding carboxylic acids is 1. The van der Waals surface area contributed by atoms with Gasteiger partial charge in [-0.2, -0.15) is 0 Å². The van der Waals surface area contributed by atoms with Crippen LogP contribution in [0.3, 0.4) is 0 Å². The summed E-state index contributed by atoms with van der Waals surface area (Å²) in [6, 6.07) is 9.89. The predicted molar refractivity (Wildman–Crippen MR) is 93.1 cm³/mol. The molecule has 1 aromatic carbocycles. The number of aliphatic hydroxyl groups is 1. The average molecular weight is 340 g/mol. The molecule has 2 aromatic rings. The normalized spacial score (nSPS) is 28.8. The molecule has 1 aliphatic heterocycles. The van der Waals surface area contributed by atoms with Crippen molar-refractivity contribution in [1.82, 2.24) is 9.88 Å². The largest absolute Gasteiger partial charge is 0.436 e. The van der Waals surface area contributed by atoms with Gasteiger partial charge in [-0.05, 0) is 37.7 Å². The molecule has 1 aliphatic carbocycles. The smallest absolute Gasteiger partial charge is 0.291 e. The zero-order valence-corrected chi connectivity index (χ0v) is 14.7. The molecule has 132 valence electrons. The third kappa shape index (κ3) is 2.67. The molecule has 0 spiro atoms. The molecule has 1 saturated heterocycles. The molecular formula is C20H24N2O3. The number of carbonyl (C=O) groups is 1. The first-order valence-electron chi connectivity index (χ1n) is 9.00. The van der Waals surface area contributed by atoms with Gasteiger partial charge in [0, 0.05) is 25.9 Å². The van der Waals surface area contributed by atoms with E-state index in [1.165, 1.54) is 0 Å². The summed E-state index contributed by atoms with van der Waals surface area (Å²) >= 11 is 0. The van der Waals surface area contributed by atoms with Crippen molar-refractivity contribution in [2.24, 2.45) is 11.8 Å². The third-order valence-electron chi connectivity index (χ3n) is 5.85. The standard InChI is InChI=1S/C20H24N2O3/c1-13-18(25-14(2)21-13)19(23)22-11-15-7-6-10-20(24,17(15)12-22)16-8-4-3-5-9-16/h3-5,8-9,15,17,24H,6-7,10-12H2,1-2H3/t15-,17+,20+/m1/s1. The summed E-state index contributed by atoms with van der Waals surface area (Å²) in [5, 5.41) is 11.5. The first-order chi connectivity index (χ1) is 12.0. The van der Waals surface area contributed by atoms with E-state index in [9.17, 15) is 9.90 Å². The van der Waals surface area contributed by atoms with E-state index >= 15 is 0 Å². The van der Waals surface area contributed by atoms with Crippen LogP contribution >= 0.6 is 0 Å². The highest BCUT2D eigenvalue weighted by Crippen LogP contribution is 2.48. The fraction of sp³-hybridized carbons (Fsp3) is 0.500. The molecule has 5 heteroatoms. The molecule has 0 unspecified atom stereocenters. The molecule has 1 saturated carbocycles. The lowest BCUT2D eigenvalue weighted by atomic mass is 9.67. The van der Waals surface area contributed by atoms with Gasteiger partial charge in [0.15, 0.2) is 5.89 Å². The minimum absolute atomic E-state index is 0.0666. The van der Waals surface area contributed by atoms with Crippen molar-refractivity contribution in [2.75, 3.05) is 13.1 Å². The van der Waals surface area contributed by atoms with Crippen molar-refractivity contribution in [3.8, 4) is 0 Å². The van der Waals surface area contributed by atoms with Crippen LogP contribution in [-0.2, 0) is 5.60 Å². The van der Waals surface area contributed by atoms with Crippen LogP contribution in [-0.4, -0.2) is 34.0 Å². The Hall–Kier alpha value is -2.14. The van der Waals surface area contributed by atoms with E-state index in [4.69, 9.17) is 4.42 Å². The molecule has 0 bridgehead atoms. The Kier molecular flexibility index (Phi) is 3.91. The van der Waals surface area contributed by atoms with Gasteiger partial charge in [0.05, 0.1) is 11.3 Å². The van der Waals surface area contributed by atoms with E-state index in [-0.39, 0.29) is 11.8 Å². The topological polar surface area (TPSA) is 66.6 Å². The van der Waals surface area contributed by atoms with Gasteiger partial charge in [-0.1, -0.05) is 30.3 Å². The highest BCUT2D eigenvalue weighted by molar-refractivity contribution is 5.92. The van der Waals surface area contributed by atoms with Gasteiger partial charge in [0.2, 0.25) is 5.76 Å². The number of hydrogen-bond acceptors (Lipinski definition) is 4. The van der Waals surface area contributed by atoms with Gasteiger partial charge < -0.3 is 14.4 Å². The van der Waals surface area contributed by atoms with Crippen LogP contribution in [0.5, 0.6) is 0 Å². The number of amides is 1. The Balaban J connectivity index is 1.61. The van der Waals surface area contributed by atoms with Crippen LogP contribution in [0.15, 0.2) is 34.7 Å². The van der Waals surface area contributed by atoms with Crippen molar-refractivity contribution >= 4 is 5.91 Å². The first-order valence-corrected chi connectivity index (χ1v) is 9.00. The third-order valence-corrected chi connectivity index (χ3v) is 5.85. The number of fused-ring (bicyclic) bond motifs is 1. The summed E-state index contributed by atoms with van der Waals surface area (Å²) in [6.45, 7) is 4.79. The highest BCUT2D eigenvalue weighted by Gasteiger charge is 2.50. The number of rotatable bonds is 2. The van der Waals surface area contributed by atoms with Crippen LogP contribution < -0.4 is 0 Å². The number of hydrogen-bond donors (Lipinski definition) is 1. The van der Waals surface area contributed by atoms with Crippen LogP contribution in [0.25, 0.3) is 0 Å². The maximum absolute atomic E-state index is 12.9. The van der Waals surface area contributed by atoms with E-state index in [0.717, 1.165) is 24.8 Å². The second-order valence-electron chi connectivity index (χ2n) is 7.41. The minimum Gasteiger partial charge on any atom is -0.436 e. The van der Waals surface area contributed by atoms with Gasteiger partial charge in [0.1, 0.15) is 0 Å². The van der Waals surface area contributed by atoms with Crippen molar-refractivity contribution in [1.29, 1.82) is 0 Å². The van der Waals surface area contributed by atoms with Crippen molar-refractivity contribution in [3.63, 3.8) is 0 Å². The molecule has 5 nitrogen and oxygen atoms in total. The van der Waals surface area contributed by atoms with E-state index in [1.54, 1.807) is 13.8 Å². The quantitative estimate of drug-likeness (QED) is 0.912. The lowest BCUT2D eigenvalue weighted by molar-refractivity contribution is -0.0644. The molecule has 25 heavy (non-hydrogen) atoms. The summed E-state index contributed by atoms with van der Waals surface area (Å²) in [6.07, 6.45) is 2.79. The van der Waals surface area contributed by atoms with Crippen molar-refractivity contribution < 1.29 is 14.3 Å². The molecule has 3 atom stereocenters. The molecule has 2 heterocycles. The number of aryl methyl sites for hydroxylation is 2. The summed E-state index contributed by atoms with van der Waals surface area (Å²) < 4.78 is 5.51. The SMILES string of the molecule is Cc1nc(C)c(C(=O)N2C[C@H]3CCC[C@](O)(c4ccccc4)[C@H]3C2)o1. The van der Waals surface area contributed by atoms with Crippen molar-refractivity contribution in [3.05, 3.63) is 53.2 Å². The summed E-state index contributed by atoms with van der Waals surface area (Å²) in [7, 11) is 0. The van der Waals surface area contributed by atoms with Gasteiger partial charge in [-0.15, -0.1) is 0 Å². The average Bonchev–Trinajstić information content (AvgIpc) is 3.19. The lowest BCUT2D eigenvalue weighted by Crippen LogP contribution is -2.42. The van der Waals surface area contributed by atoms with Crippen LogP contribution in [0.2, 0.25) is 0 Å². The Morgan fingerprint density at radius 2 is 2.04 bits per heavy atom. The van der Waals surface area contributed by atoms with Gasteiger partial charge in [0.25, 0.3) is 5.91 Å². The van der Waals surface area contributed by atoms with Gasteiger partial charge >= 0.3 is 0 Å². The Morgan fingerprint density at radius 1 is 1.28 bits per heavy atom. The Labute approximate surface area is 147 Å². The summed E-state index contributed by atoms with van der Waals surface area (Å²) in [5.74, 6) is 1.13. The zero-order chi connectivity index (χ0) is 17.6. The van der Waals surface area contributed by atoms with E-state index in [1.807, 2.05) is 35.2 Å². The Morgan fingerprint density at radius 3 is 2.72 bits per heavy atom. The van der Waals surface area contributed by atoms with E-state index in [0.29, 0.717) is 36.4 Å². The molecular weight excluding hydrogens is 316 g/mol. The van der Waals surface area contributed by atoms with E-state index in [2.05, 4.69) is 4.98 Å². The van der Waals surface area contributed by atoms with Crippen LogP contribution in [0, 0.1) is 25.7 Å². The fourth-order valence-electron chi connectivity index (χ4n) is 4.65. The molecule has 4 rings (SSSR count). The fourth-order valence-corrected chi connectivity index (χ4v) is 4.65. The number of benzene rings is 1. The molecule has 1 N–H and O–H groups in total. The van der Waals surface area contributed by atoms with Crippen molar-refractivity contribution in [2.45, 2.75) is 38.7 Å². The van der Waals surface area contributed by atoms with Crippen LogP contribution in [0.1, 0.15) is 47.0 Å².